The Hall–Kier alpha value is -2.04. The molecule has 0 amide bonds. The van der Waals surface area contributed by atoms with E-state index in [1.54, 1.807) is 6.26 Å². The largest absolute Gasteiger partial charge is 0.353 e. The van der Waals surface area contributed by atoms with Gasteiger partial charge in [0.25, 0.3) is 0 Å². The SMILES string of the molecule is CSc1nc(N=[N+]=[N-])nc(NCCC#N)n1. The van der Waals surface area contributed by atoms with Crippen molar-refractivity contribution >= 4 is 23.7 Å². The Labute approximate surface area is 95.7 Å². The lowest BCUT2D eigenvalue weighted by Crippen LogP contribution is -2.06. The fourth-order valence-electron chi connectivity index (χ4n) is 0.831. The number of hydrogen-bond donors (Lipinski definition) is 1. The summed E-state index contributed by atoms with van der Waals surface area (Å²) in [5.41, 5.74) is 8.28. The van der Waals surface area contributed by atoms with Crippen LogP contribution in [0.3, 0.4) is 0 Å². The molecule has 0 unspecified atom stereocenters. The van der Waals surface area contributed by atoms with Gasteiger partial charge in [0.15, 0.2) is 5.16 Å². The number of thioether (sulfide) groups is 1. The molecule has 0 spiro atoms. The molecule has 0 aliphatic heterocycles. The van der Waals surface area contributed by atoms with Crippen LogP contribution in [0, 0.1) is 11.3 Å². The van der Waals surface area contributed by atoms with Crippen molar-refractivity contribution in [1.29, 1.82) is 5.26 Å². The highest BCUT2D eigenvalue weighted by molar-refractivity contribution is 7.98. The summed E-state index contributed by atoms with van der Waals surface area (Å²) in [6.07, 6.45) is 2.14. The second-order valence-electron chi connectivity index (χ2n) is 2.47. The summed E-state index contributed by atoms with van der Waals surface area (Å²) in [6, 6.07) is 1.99. The van der Waals surface area contributed by atoms with Crippen molar-refractivity contribution in [2.75, 3.05) is 18.1 Å². The Balaban J connectivity index is 2.86. The molecule has 8 nitrogen and oxygen atoms in total. The van der Waals surface area contributed by atoms with Crippen molar-refractivity contribution in [3.8, 4) is 6.07 Å². The average Bonchev–Trinajstić information content (AvgIpc) is 2.29. The third-order valence-corrected chi connectivity index (χ3v) is 1.99. The van der Waals surface area contributed by atoms with E-state index < -0.39 is 0 Å². The normalized spacial score (nSPS) is 9.00. The Morgan fingerprint density at radius 3 is 3.00 bits per heavy atom. The van der Waals surface area contributed by atoms with Crippen molar-refractivity contribution in [3.63, 3.8) is 0 Å². The number of anilines is 1. The molecular formula is C7H8N8S. The zero-order valence-electron chi connectivity index (χ0n) is 8.45. The summed E-state index contributed by atoms with van der Waals surface area (Å²) in [5.74, 6) is 0.318. The molecule has 0 saturated carbocycles. The second-order valence-corrected chi connectivity index (χ2v) is 3.24. The Bertz CT molecular complexity index is 446. The van der Waals surface area contributed by atoms with Gasteiger partial charge in [0, 0.05) is 11.5 Å². The highest BCUT2D eigenvalue weighted by Crippen LogP contribution is 2.15. The van der Waals surface area contributed by atoms with Crippen LogP contribution in [0.25, 0.3) is 10.4 Å². The molecule has 0 fully saturated rings. The molecule has 1 rings (SSSR count). The first-order valence-electron chi connectivity index (χ1n) is 4.26. The maximum atomic E-state index is 8.37. The molecule has 0 aliphatic rings. The van der Waals surface area contributed by atoms with Gasteiger partial charge in [-0.2, -0.15) is 15.2 Å². The molecule has 1 aromatic heterocycles. The quantitative estimate of drug-likeness (QED) is 0.273. The molecule has 0 bridgehead atoms. The standard InChI is InChI=1S/C7H8N8S/c1-16-7-12-5(10-4-2-3-8)11-6(13-7)14-15-9/h2,4H2,1H3,(H,10,11,12,13). The molecule has 0 atom stereocenters. The van der Waals surface area contributed by atoms with E-state index >= 15 is 0 Å². The molecule has 16 heavy (non-hydrogen) atoms. The minimum Gasteiger partial charge on any atom is -0.353 e. The van der Waals surface area contributed by atoms with Crippen LogP contribution in [0.5, 0.6) is 0 Å². The molecule has 0 aromatic carbocycles. The zero-order valence-corrected chi connectivity index (χ0v) is 9.27. The lowest BCUT2D eigenvalue weighted by Gasteiger charge is -2.03. The number of rotatable bonds is 5. The maximum absolute atomic E-state index is 8.37. The fourth-order valence-corrected chi connectivity index (χ4v) is 1.18. The summed E-state index contributed by atoms with van der Waals surface area (Å²) in [4.78, 5) is 14.4. The molecule has 9 heteroatoms. The number of azide groups is 1. The Morgan fingerprint density at radius 1 is 1.56 bits per heavy atom. The van der Waals surface area contributed by atoms with Gasteiger partial charge in [0.2, 0.25) is 11.9 Å². The molecule has 0 saturated heterocycles. The first-order valence-corrected chi connectivity index (χ1v) is 5.48. The molecule has 0 aliphatic carbocycles. The van der Waals surface area contributed by atoms with Crippen molar-refractivity contribution in [3.05, 3.63) is 10.4 Å². The predicted molar refractivity (Wildman–Crippen MR) is 59.1 cm³/mol. The van der Waals surface area contributed by atoms with Crippen LogP contribution in [0.15, 0.2) is 10.3 Å². The van der Waals surface area contributed by atoms with Crippen molar-refractivity contribution in [2.45, 2.75) is 11.6 Å². The van der Waals surface area contributed by atoms with Gasteiger partial charge < -0.3 is 5.32 Å². The lowest BCUT2D eigenvalue weighted by atomic mass is 10.5. The third-order valence-electron chi connectivity index (χ3n) is 1.44. The summed E-state index contributed by atoms with van der Waals surface area (Å²) in [6.45, 7) is 0.435. The first-order chi connectivity index (χ1) is 7.80. The second kappa shape index (κ2) is 6.44. The van der Waals surface area contributed by atoms with Crippen molar-refractivity contribution in [2.24, 2.45) is 5.11 Å². The van der Waals surface area contributed by atoms with Gasteiger partial charge in [-0.25, -0.2) is 4.98 Å². The monoisotopic (exact) mass is 236 g/mol. The van der Waals surface area contributed by atoms with Crippen LogP contribution in [-0.2, 0) is 0 Å². The van der Waals surface area contributed by atoms with Crippen molar-refractivity contribution < 1.29 is 0 Å². The van der Waals surface area contributed by atoms with Gasteiger partial charge in [0.1, 0.15) is 0 Å². The van der Waals surface area contributed by atoms with E-state index in [1.807, 2.05) is 6.07 Å². The first kappa shape index (κ1) is 12.0. The smallest absolute Gasteiger partial charge is 0.227 e. The van der Waals surface area contributed by atoms with E-state index in [0.717, 1.165) is 0 Å². The van der Waals surface area contributed by atoms with E-state index in [9.17, 15) is 0 Å². The highest BCUT2D eigenvalue weighted by atomic mass is 32.2. The number of aromatic nitrogens is 3. The van der Waals surface area contributed by atoms with Crippen LogP contribution in [0.4, 0.5) is 11.9 Å². The summed E-state index contributed by atoms with van der Waals surface area (Å²) < 4.78 is 0. The molecule has 0 radical (unpaired) electrons. The summed E-state index contributed by atoms with van der Waals surface area (Å²) in [5, 5.41) is 15.0. The topological polar surface area (TPSA) is 123 Å². The van der Waals surface area contributed by atoms with Gasteiger partial charge in [0.05, 0.1) is 12.5 Å². The van der Waals surface area contributed by atoms with E-state index in [-0.39, 0.29) is 5.95 Å². The van der Waals surface area contributed by atoms with Crippen LogP contribution >= 0.6 is 11.8 Å². The number of hydrogen-bond acceptors (Lipinski definition) is 7. The molecule has 1 N–H and O–H groups in total. The highest BCUT2D eigenvalue weighted by Gasteiger charge is 2.03. The van der Waals surface area contributed by atoms with Gasteiger partial charge in [-0.15, -0.1) is 0 Å². The maximum Gasteiger partial charge on any atom is 0.227 e. The van der Waals surface area contributed by atoms with Gasteiger partial charge >= 0.3 is 0 Å². The number of nitrogens with zero attached hydrogens (tertiary/aromatic N) is 7. The minimum absolute atomic E-state index is 0.0151. The van der Waals surface area contributed by atoms with Crippen LogP contribution in [0.2, 0.25) is 0 Å². The van der Waals surface area contributed by atoms with E-state index in [2.05, 4.69) is 30.3 Å². The molecule has 1 heterocycles. The number of nitrogens with one attached hydrogen (secondary N) is 1. The van der Waals surface area contributed by atoms with Gasteiger partial charge in [-0.1, -0.05) is 11.8 Å². The summed E-state index contributed by atoms with van der Waals surface area (Å²) >= 11 is 1.31. The molecule has 82 valence electrons. The fraction of sp³-hybridized carbons (Fsp3) is 0.429. The molecular weight excluding hydrogens is 228 g/mol. The van der Waals surface area contributed by atoms with Gasteiger partial charge in [-0.3, -0.25) is 0 Å². The zero-order chi connectivity index (χ0) is 11.8. The third kappa shape index (κ3) is 3.61. The van der Waals surface area contributed by atoms with E-state index in [1.165, 1.54) is 11.8 Å². The molecule has 1 aromatic rings. The van der Waals surface area contributed by atoms with Gasteiger partial charge in [-0.05, 0) is 16.9 Å². The van der Waals surface area contributed by atoms with E-state index in [0.29, 0.717) is 24.1 Å². The Morgan fingerprint density at radius 2 is 2.38 bits per heavy atom. The minimum atomic E-state index is 0.0151. The predicted octanol–water partition coefficient (Wildman–Crippen LogP) is 1.86. The van der Waals surface area contributed by atoms with Crippen LogP contribution in [0.1, 0.15) is 6.42 Å². The van der Waals surface area contributed by atoms with Crippen LogP contribution in [-0.4, -0.2) is 27.8 Å². The average molecular weight is 236 g/mol. The van der Waals surface area contributed by atoms with Crippen molar-refractivity contribution in [1.82, 2.24) is 15.0 Å². The van der Waals surface area contributed by atoms with Crippen LogP contribution < -0.4 is 5.32 Å². The Kier molecular flexibility index (Phi) is 4.85. The van der Waals surface area contributed by atoms with E-state index in [4.69, 9.17) is 10.8 Å². The number of nitriles is 1. The lowest BCUT2D eigenvalue weighted by molar-refractivity contribution is 0.889. The summed E-state index contributed by atoms with van der Waals surface area (Å²) in [7, 11) is 0.